The van der Waals surface area contributed by atoms with Crippen molar-refractivity contribution in [3.63, 3.8) is 0 Å². The summed E-state index contributed by atoms with van der Waals surface area (Å²) in [5.74, 6) is 1.91. The van der Waals surface area contributed by atoms with Gasteiger partial charge in [-0.3, -0.25) is 0 Å². The van der Waals surface area contributed by atoms with E-state index in [2.05, 4.69) is 34.4 Å². The molecular weight excluding hydrogens is 266 g/mol. The first-order valence-corrected chi connectivity index (χ1v) is 7.45. The average molecular weight is 291 g/mol. The standard InChI is InChI=1S/C15H25N5O/c1-5-16-12-9-20-7-6-17-14(20)13(19-12)18-10-15(4,21)8-11(2)3/h6-7,9,11,16,21H,5,8,10H2,1-4H3,(H,18,19). The van der Waals surface area contributed by atoms with Gasteiger partial charge in [0.2, 0.25) is 0 Å². The first kappa shape index (κ1) is 15.6. The first-order chi connectivity index (χ1) is 9.91. The summed E-state index contributed by atoms with van der Waals surface area (Å²) in [6.07, 6.45) is 6.26. The van der Waals surface area contributed by atoms with E-state index < -0.39 is 5.60 Å². The van der Waals surface area contributed by atoms with Gasteiger partial charge < -0.3 is 20.1 Å². The quantitative estimate of drug-likeness (QED) is 0.730. The highest BCUT2D eigenvalue weighted by atomic mass is 16.3. The van der Waals surface area contributed by atoms with Crippen molar-refractivity contribution in [2.75, 3.05) is 23.7 Å². The van der Waals surface area contributed by atoms with E-state index in [4.69, 9.17) is 0 Å². The fraction of sp³-hybridized carbons (Fsp3) is 0.600. The number of imidazole rings is 1. The molecule has 0 fully saturated rings. The Bertz CT molecular complexity index is 591. The fourth-order valence-corrected chi connectivity index (χ4v) is 2.54. The Balaban J connectivity index is 2.18. The summed E-state index contributed by atoms with van der Waals surface area (Å²) >= 11 is 0. The molecule has 0 radical (unpaired) electrons. The summed E-state index contributed by atoms with van der Waals surface area (Å²) in [5.41, 5.74) is -0.00911. The number of rotatable bonds is 7. The zero-order valence-corrected chi connectivity index (χ0v) is 13.2. The third-order valence-corrected chi connectivity index (χ3v) is 3.22. The zero-order chi connectivity index (χ0) is 15.5. The molecule has 0 saturated heterocycles. The molecule has 116 valence electrons. The van der Waals surface area contributed by atoms with E-state index >= 15 is 0 Å². The van der Waals surface area contributed by atoms with Crippen molar-refractivity contribution in [3.8, 4) is 0 Å². The minimum absolute atomic E-state index is 0.439. The van der Waals surface area contributed by atoms with Crippen LogP contribution >= 0.6 is 0 Å². The van der Waals surface area contributed by atoms with Crippen molar-refractivity contribution in [2.45, 2.75) is 39.7 Å². The molecule has 0 saturated carbocycles. The Morgan fingerprint density at radius 3 is 2.81 bits per heavy atom. The van der Waals surface area contributed by atoms with Gasteiger partial charge >= 0.3 is 0 Å². The molecule has 3 N–H and O–H groups in total. The molecule has 0 aliphatic rings. The maximum absolute atomic E-state index is 10.4. The summed E-state index contributed by atoms with van der Waals surface area (Å²) < 4.78 is 1.92. The highest BCUT2D eigenvalue weighted by Crippen LogP contribution is 2.20. The van der Waals surface area contributed by atoms with E-state index in [1.54, 1.807) is 6.20 Å². The molecule has 2 aromatic heterocycles. The first-order valence-electron chi connectivity index (χ1n) is 7.45. The Morgan fingerprint density at radius 1 is 1.38 bits per heavy atom. The Hall–Kier alpha value is -1.82. The lowest BCUT2D eigenvalue weighted by Gasteiger charge is -2.26. The van der Waals surface area contributed by atoms with Crippen LogP contribution in [0, 0.1) is 5.92 Å². The average Bonchev–Trinajstić information content (AvgIpc) is 2.83. The van der Waals surface area contributed by atoms with Crippen LogP contribution in [-0.4, -0.2) is 38.2 Å². The van der Waals surface area contributed by atoms with E-state index in [0.717, 1.165) is 24.4 Å². The highest BCUT2D eigenvalue weighted by Gasteiger charge is 2.22. The van der Waals surface area contributed by atoms with E-state index in [0.29, 0.717) is 18.3 Å². The van der Waals surface area contributed by atoms with Crippen molar-refractivity contribution in [1.82, 2.24) is 14.4 Å². The molecule has 0 aromatic carbocycles. The molecule has 1 atom stereocenters. The number of aliphatic hydroxyl groups is 1. The number of anilines is 2. The second-order valence-electron chi connectivity index (χ2n) is 6.11. The van der Waals surface area contributed by atoms with Crippen LogP contribution in [0.4, 0.5) is 11.6 Å². The molecule has 2 heterocycles. The number of hydrogen-bond donors (Lipinski definition) is 3. The molecular formula is C15H25N5O. The van der Waals surface area contributed by atoms with Gasteiger partial charge in [0.15, 0.2) is 11.5 Å². The van der Waals surface area contributed by atoms with Crippen LogP contribution in [-0.2, 0) is 0 Å². The lowest BCUT2D eigenvalue weighted by molar-refractivity contribution is 0.0515. The Morgan fingerprint density at radius 2 is 2.14 bits per heavy atom. The third-order valence-electron chi connectivity index (χ3n) is 3.22. The van der Waals surface area contributed by atoms with Crippen molar-refractivity contribution >= 4 is 17.3 Å². The monoisotopic (exact) mass is 291 g/mol. The van der Waals surface area contributed by atoms with Crippen LogP contribution in [0.3, 0.4) is 0 Å². The molecule has 6 nitrogen and oxygen atoms in total. The number of nitrogens with one attached hydrogen (secondary N) is 2. The van der Waals surface area contributed by atoms with Crippen molar-refractivity contribution in [1.29, 1.82) is 0 Å². The van der Waals surface area contributed by atoms with Gasteiger partial charge in [-0.2, -0.15) is 0 Å². The van der Waals surface area contributed by atoms with E-state index in [-0.39, 0.29) is 0 Å². The SMILES string of the molecule is CCNc1cn2ccnc2c(NCC(C)(O)CC(C)C)n1. The van der Waals surface area contributed by atoms with Gasteiger partial charge in [0.1, 0.15) is 5.82 Å². The molecule has 1 unspecified atom stereocenters. The predicted octanol–water partition coefficient (Wildman–Crippen LogP) is 2.37. The summed E-state index contributed by atoms with van der Waals surface area (Å²) in [4.78, 5) is 8.84. The van der Waals surface area contributed by atoms with Crippen LogP contribution in [0.5, 0.6) is 0 Å². The number of hydrogen-bond acceptors (Lipinski definition) is 5. The molecule has 0 bridgehead atoms. The number of aromatic nitrogens is 3. The van der Waals surface area contributed by atoms with Crippen LogP contribution in [0.25, 0.3) is 5.65 Å². The van der Waals surface area contributed by atoms with Crippen LogP contribution in [0.15, 0.2) is 18.6 Å². The lowest BCUT2D eigenvalue weighted by atomic mass is 9.94. The largest absolute Gasteiger partial charge is 0.388 e. The van der Waals surface area contributed by atoms with E-state index in [9.17, 15) is 5.11 Å². The van der Waals surface area contributed by atoms with Gasteiger partial charge in [-0.05, 0) is 26.2 Å². The second kappa shape index (κ2) is 6.30. The van der Waals surface area contributed by atoms with Gasteiger partial charge in [0.05, 0.1) is 11.8 Å². The molecule has 2 aromatic rings. The minimum Gasteiger partial charge on any atom is -0.388 e. The predicted molar refractivity (Wildman–Crippen MR) is 85.7 cm³/mol. The molecule has 0 amide bonds. The van der Waals surface area contributed by atoms with Gasteiger partial charge in [0.25, 0.3) is 0 Å². The van der Waals surface area contributed by atoms with Gasteiger partial charge in [0, 0.05) is 25.5 Å². The topological polar surface area (TPSA) is 74.5 Å². The molecule has 2 rings (SSSR count). The highest BCUT2D eigenvalue weighted by molar-refractivity contribution is 5.65. The molecule has 0 aliphatic heterocycles. The van der Waals surface area contributed by atoms with Gasteiger partial charge in [-0.25, -0.2) is 9.97 Å². The Labute approximate surface area is 125 Å². The van der Waals surface area contributed by atoms with Gasteiger partial charge in [-0.1, -0.05) is 13.8 Å². The third kappa shape index (κ3) is 4.07. The smallest absolute Gasteiger partial charge is 0.180 e. The Kier molecular flexibility index (Phi) is 4.67. The zero-order valence-electron chi connectivity index (χ0n) is 13.2. The number of fused-ring (bicyclic) bond motifs is 1. The normalized spacial score (nSPS) is 14.4. The summed E-state index contributed by atoms with van der Waals surface area (Å²) in [7, 11) is 0. The van der Waals surface area contributed by atoms with E-state index in [1.165, 1.54) is 0 Å². The molecule has 0 aliphatic carbocycles. The van der Waals surface area contributed by atoms with Crippen molar-refractivity contribution < 1.29 is 5.11 Å². The molecule has 6 heteroatoms. The van der Waals surface area contributed by atoms with Crippen LogP contribution in [0.2, 0.25) is 0 Å². The summed E-state index contributed by atoms with van der Waals surface area (Å²) in [6, 6.07) is 0. The van der Waals surface area contributed by atoms with Crippen LogP contribution in [0.1, 0.15) is 34.1 Å². The molecule has 0 spiro atoms. The van der Waals surface area contributed by atoms with Crippen molar-refractivity contribution in [3.05, 3.63) is 18.6 Å². The number of nitrogens with zero attached hydrogens (tertiary/aromatic N) is 3. The fourth-order valence-electron chi connectivity index (χ4n) is 2.54. The van der Waals surface area contributed by atoms with Crippen LogP contribution < -0.4 is 10.6 Å². The van der Waals surface area contributed by atoms with E-state index in [1.807, 2.05) is 30.6 Å². The van der Waals surface area contributed by atoms with Gasteiger partial charge in [-0.15, -0.1) is 0 Å². The maximum atomic E-state index is 10.4. The second-order valence-corrected chi connectivity index (χ2v) is 6.11. The minimum atomic E-state index is -0.770. The molecule has 21 heavy (non-hydrogen) atoms. The maximum Gasteiger partial charge on any atom is 0.180 e. The summed E-state index contributed by atoms with van der Waals surface area (Å²) in [6.45, 7) is 9.32. The lowest BCUT2D eigenvalue weighted by Crippen LogP contribution is -2.35. The van der Waals surface area contributed by atoms with Crippen molar-refractivity contribution in [2.24, 2.45) is 5.92 Å². The summed E-state index contributed by atoms with van der Waals surface area (Å²) in [5, 5.41) is 16.8.